The summed E-state index contributed by atoms with van der Waals surface area (Å²) in [6, 6.07) is 1.93. The summed E-state index contributed by atoms with van der Waals surface area (Å²) in [6.07, 6.45) is 5.60. The van der Waals surface area contributed by atoms with Crippen LogP contribution in [-0.2, 0) is 13.1 Å². The predicted octanol–water partition coefficient (Wildman–Crippen LogP) is 1.05. The van der Waals surface area contributed by atoms with E-state index in [9.17, 15) is 0 Å². The second-order valence-corrected chi connectivity index (χ2v) is 4.82. The number of aromatic nitrogens is 3. The highest BCUT2D eigenvalue weighted by Gasteiger charge is 2.03. The lowest BCUT2D eigenvalue weighted by atomic mass is 10.4. The van der Waals surface area contributed by atoms with Crippen LogP contribution in [0.4, 0.5) is 5.13 Å². The van der Waals surface area contributed by atoms with Crippen molar-refractivity contribution < 1.29 is 0 Å². The molecule has 86 valence electrons. The van der Waals surface area contributed by atoms with E-state index >= 15 is 0 Å². The summed E-state index contributed by atoms with van der Waals surface area (Å²) in [7, 11) is 2.08. The number of nitrogens with two attached hydrogens (primary N) is 1. The Morgan fingerprint density at radius 1 is 1.56 bits per heavy atom. The molecule has 0 spiro atoms. The van der Waals surface area contributed by atoms with Gasteiger partial charge in [0.25, 0.3) is 0 Å². The fraction of sp³-hybridized carbons (Fsp3) is 0.400. The fourth-order valence-electron chi connectivity index (χ4n) is 1.45. The highest BCUT2D eigenvalue weighted by atomic mass is 32.1. The molecule has 0 amide bonds. The number of thiazole rings is 1. The molecule has 16 heavy (non-hydrogen) atoms. The lowest BCUT2D eigenvalue weighted by molar-refractivity contribution is 0.307. The minimum Gasteiger partial charge on any atom is -0.375 e. The molecule has 0 saturated heterocycles. The summed E-state index contributed by atoms with van der Waals surface area (Å²) < 4.78 is 1.93. The van der Waals surface area contributed by atoms with Gasteiger partial charge in [-0.15, -0.1) is 11.3 Å². The van der Waals surface area contributed by atoms with Gasteiger partial charge < -0.3 is 5.73 Å². The average molecular weight is 237 g/mol. The van der Waals surface area contributed by atoms with Crippen molar-refractivity contribution in [2.75, 3.05) is 19.3 Å². The molecule has 0 fully saturated rings. The van der Waals surface area contributed by atoms with Crippen LogP contribution in [-0.4, -0.2) is 33.3 Å². The summed E-state index contributed by atoms with van der Waals surface area (Å²) in [4.78, 5) is 7.46. The SMILES string of the molecule is CN(CCn1cccn1)Cc1cnc(N)s1. The maximum atomic E-state index is 5.58. The minimum atomic E-state index is 0.635. The van der Waals surface area contributed by atoms with Gasteiger partial charge in [-0.2, -0.15) is 5.10 Å². The van der Waals surface area contributed by atoms with Gasteiger partial charge in [-0.3, -0.25) is 9.58 Å². The van der Waals surface area contributed by atoms with Crippen molar-refractivity contribution >= 4 is 16.5 Å². The Balaban J connectivity index is 1.78. The van der Waals surface area contributed by atoms with Crippen LogP contribution < -0.4 is 5.73 Å². The smallest absolute Gasteiger partial charge is 0.180 e. The van der Waals surface area contributed by atoms with Gasteiger partial charge in [0.1, 0.15) is 0 Å². The van der Waals surface area contributed by atoms with Crippen LogP contribution >= 0.6 is 11.3 Å². The maximum absolute atomic E-state index is 5.58. The highest BCUT2D eigenvalue weighted by Crippen LogP contribution is 2.15. The topological polar surface area (TPSA) is 60.0 Å². The molecule has 5 nitrogen and oxygen atoms in total. The molecule has 0 unspecified atom stereocenters. The zero-order valence-corrected chi connectivity index (χ0v) is 10.0. The molecule has 0 radical (unpaired) electrons. The molecule has 0 saturated carbocycles. The third kappa shape index (κ3) is 3.04. The number of hydrogen-bond donors (Lipinski definition) is 1. The normalized spacial score (nSPS) is 11.1. The molecular weight excluding hydrogens is 222 g/mol. The lowest BCUT2D eigenvalue weighted by Crippen LogP contribution is -2.22. The lowest BCUT2D eigenvalue weighted by Gasteiger charge is -2.14. The molecule has 2 aromatic rings. The molecule has 0 aromatic carbocycles. The number of rotatable bonds is 5. The van der Waals surface area contributed by atoms with Gasteiger partial charge in [0, 0.05) is 36.6 Å². The Hall–Kier alpha value is -1.40. The second kappa shape index (κ2) is 5.09. The second-order valence-electron chi connectivity index (χ2n) is 3.67. The molecule has 2 heterocycles. The number of anilines is 1. The molecule has 0 atom stereocenters. The zero-order chi connectivity index (χ0) is 11.4. The van der Waals surface area contributed by atoms with Crippen LogP contribution in [0.5, 0.6) is 0 Å². The van der Waals surface area contributed by atoms with E-state index in [4.69, 9.17) is 5.73 Å². The number of nitrogens with zero attached hydrogens (tertiary/aromatic N) is 4. The molecule has 2 N–H and O–H groups in total. The maximum Gasteiger partial charge on any atom is 0.180 e. The van der Waals surface area contributed by atoms with Crippen LogP contribution in [0.25, 0.3) is 0 Å². The third-order valence-corrected chi connectivity index (χ3v) is 3.08. The Morgan fingerprint density at radius 2 is 2.44 bits per heavy atom. The quantitative estimate of drug-likeness (QED) is 0.844. The Kier molecular flexibility index (Phi) is 3.53. The van der Waals surface area contributed by atoms with E-state index in [1.54, 1.807) is 17.5 Å². The number of likely N-dealkylation sites (N-methyl/N-ethyl adjacent to an activating group) is 1. The molecule has 0 aliphatic rings. The first-order chi connectivity index (χ1) is 7.74. The van der Waals surface area contributed by atoms with E-state index in [2.05, 4.69) is 22.0 Å². The van der Waals surface area contributed by atoms with Crippen molar-refractivity contribution in [2.45, 2.75) is 13.1 Å². The minimum absolute atomic E-state index is 0.635. The fourth-order valence-corrected chi connectivity index (χ4v) is 2.21. The monoisotopic (exact) mass is 237 g/mol. The first-order valence-corrected chi connectivity index (χ1v) is 5.92. The molecule has 2 rings (SSSR count). The summed E-state index contributed by atoms with van der Waals surface area (Å²) in [6.45, 7) is 2.74. The van der Waals surface area contributed by atoms with Gasteiger partial charge in [-0.05, 0) is 13.1 Å². The summed E-state index contributed by atoms with van der Waals surface area (Å²) >= 11 is 1.54. The largest absolute Gasteiger partial charge is 0.375 e. The van der Waals surface area contributed by atoms with E-state index in [-0.39, 0.29) is 0 Å². The summed E-state index contributed by atoms with van der Waals surface area (Å²) in [5.74, 6) is 0. The van der Waals surface area contributed by atoms with Crippen LogP contribution in [0.3, 0.4) is 0 Å². The molecule has 0 aliphatic heterocycles. The van der Waals surface area contributed by atoms with E-state index < -0.39 is 0 Å². The highest BCUT2D eigenvalue weighted by molar-refractivity contribution is 7.15. The molecule has 0 aliphatic carbocycles. The van der Waals surface area contributed by atoms with E-state index in [0.29, 0.717) is 5.13 Å². The number of nitrogen functional groups attached to an aromatic ring is 1. The van der Waals surface area contributed by atoms with Gasteiger partial charge >= 0.3 is 0 Å². The van der Waals surface area contributed by atoms with Crippen molar-refractivity contribution in [2.24, 2.45) is 0 Å². The van der Waals surface area contributed by atoms with E-state index in [0.717, 1.165) is 19.6 Å². The summed E-state index contributed by atoms with van der Waals surface area (Å²) in [5.41, 5.74) is 5.58. The van der Waals surface area contributed by atoms with Crippen LogP contribution in [0.1, 0.15) is 4.88 Å². The Bertz CT molecular complexity index is 422. The standard InChI is InChI=1S/C10H15N5S/c1-14(5-6-15-4-2-3-13-15)8-9-7-12-10(11)16-9/h2-4,7H,5-6,8H2,1H3,(H2,11,12). The van der Waals surface area contributed by atoms with Gasteiger partial charge in [0.2, 0.25) is 0 Å². The van der Waals surface area contributed by atoms with Crippen molar-refractivity contribution in [3.05, 3.63) is 29.5 Å². The molecule has 0 bridgehead atoms. The van der Waals surface area contributed by atoms with Crippen molar-refractivity contribution in [3.63, 3.8) is 0 Å². The average Bonchev–Trinajstić information content (AvgIpc) is 2.87. The van der Waals surface area contributed by atoms with Crippen molar-refractivity contribution in [1.82, 2.24) is 19.7 Å². The van der Waals surface area contributed by atoms with Crippen LogP contribution in [0.2, 0.25) is 0 Å². The van der Waals surface area contributed by atoms with Gasteiger partial charge in [-0.1, -0.05) is 0 Å². The van der Waals surface area contributed by atoms with Gasteiger partial charge in [0.05, 0.1) is 6.54 Å². The number of hydrogen-bond acceptors (Lipinski definition) is 5. The third-order valence-electron chi connectivity index (χ3n) is 2.27. The Labute approximate surface area is 98.5 Å². The molecule has 6 heteroatoms. The van der Waals surface area contributed by atoms with E-state index in [1.165, 1.54) is 4.88 Å². The predicted molar refractivity (Wildman–Crippen MR) is 65.1 cm³/mol. The summed E-state index contributed by atoms with van der Waals surface area (Å²) in [5, 5.41) is 4.79. The zero-order valence-electron chi connectivity index (χ0n) is 9.21. The van der Waals surface area contributed by atoms with Gasteiger partial charge in [0.15, 0.2) is 5.13 Å². The molecule has 2 aromatic heterocycles. The van der Waals surface area contributed by atoms with Crippen molar-refractivity contribution in [3.8, 4) is 0 Å². The van der Waals surface area contributed by atoms with Gasteiger partial charge in [-0.25, -0.2) is 4.98 Å². The first kappa shape index (κ1) is 11.1. The Morgan fingerprint density at radius 3 is 3.06 bits per heavy atom. The van der Waals surface area contributed by atoms with Crippen LogP contribution in [0, 0.1) is 0 Å². The first-order valence-electron chi connectivity index (χ1n) is 5.10. The van der Waals surface area contributed by atoms with Crippen LogP contribution in [0.15, 0.2) is 24.7 Å². The molecular formula is C10H15N5S. The van der Waals surface area contributed by atoms with Crippen molar-refractivity contribution in [1.29, 1.82) is 0 Å². The van der Waals surface area contributed by atoms with E-state index in [1.807, 2.05) is 23.1 Å².